The highest BCUT2D eigenvalue weighted by Gasteiger charge is 2.29. The molecule has 0 saturated carbocycles. The molecule has 0 N–H and O–H groups in total. The number of benzene rings is 1. The van der Waals surface area contributed by atoms with Crippen molar-refractivity contribution in [3.8, 4) is 0 Å². The second-order valence-electron chi connectivity index (χ2n) is 5.03. The van der Waals surface area contributed by atoms with Gasteiger partial charge in [0.05, 0.1) is 19.3 Å². The van der Waals surface area contributed by atoms with E-state index in [-0.39, 0.29) is 11.9 Å². The predicted octanol–water partition coefficient (Wildman–Crippen LogP) is 2.82. The molecule has 0 aliphatic carbocycles. The van der Waals surface area contributed by atoms with E-state index in [4.69, 9.17) is 20.8 Å². The zero-order chi connectivity index (χ0) is 14.1. The first kappa shape index (κ1) is 13.5. The average Bonchev–Trinajstić information content (AvgIpc) is 2.89. The lowest BCUT2D eigenvalue weighted by atomic mass is 10.2. The lowest BCUT2D eigenvalue weighted by Crippen LogP contribution is -2.49. The molecule has 106 valence electrons. The van der Waals surface area contributed by atoms with Gasteiger partial charge in [-0.2, -0.15) is 0 Å². The van der Waals surface area contributed by atoms with Gasteiger partial charge in [-0.25, -0.2) is 0 Å². The molecule has 4 nitrogen and oxygen atoms in total. The summed E-state index contributed by atoms with van der Waals surface area (Å²) in [6.07, 6.45) is 0. The Bertz CT molecular complexity index is 637. The molecule has 1 aliphatic heterocycles. The van der Waals surface area contributed by atoms with Gasteiger partial charge in [-0.05, 0) is 25.1 Å². The van der Waals surface area contributed by atoms with E-state index in [2.05, 4.69) is 0 Å². The molecule has 1 unspecified atom stereocenters. The van der Waals surface area contributed by atoms with E-state index in [0.29, 0.717) is 31.4 Å². The normalized spacial score (nSPS) is 19.5. The fraction of sp³-hybridized carbons (Fsp3) is 0.400. The minimum Gasteiger partial charge on any atom is -0.451 e. The van der Waals surface area contributed by atoms with Crippen LogP contribution in [0.25, 0.3) is 11.0 Å². The SMILES string of the molecule is Cc1ccc2oc(C(=O)N3CCOCC3CCl)cc2c1. The Morgan fingerprint density at radius 1 is 1.45 bits per heavy atom. The molecule has 1 fully saturated rings. The molecule has 1 amide bonds. The number of hydrogen-bond donors (Lipinski definition) is 0. The molecule has 0 spiro atoms. The van der Waals surface area contributed by atoms with Crippen LogP contribution < -0.4 is 0 Å². The molecule has 1 saturated heterocycles. The molecule has 1 aromatic carbocycles. The van der Waals surface area contributed by atoms with E-state index < -0.39 is 0 Å². The smallest absolute Gasteiger partial charge is 0.290 e. The summed E-state index contributed by atoms with van der Waals surface area (Å²) in [6.45, 7) is 3.58. The zero-order valence-electron chi connectivity index (χ0n) is 11.3. The van der Waals surface area contributed by atoms with E-state index in [1.54, 1.807) is 11.0 Å². The minimum absolute atomic E-state index is 0.0899. The highest BCUT2D eigenvalue weighted by Crippen LogP contribution is 2.23. The van der Waals surface area contributed by atoms with Crippen LogP contribution in [0.4, 0.5) is 0 Å². The molecule has 5 heteroatoms. The number of carbonyl (C=O) groups is 1. The minimum atomic E-state index is -0.118. The Balaban J connectivity index is 1.91. The van der Waals surface area contributed by atoms with Crippen LogP contribution in [0.3, 0.4) is 0 Å². The number of aryl methyl sites for hydroxylation is 1. The first-order valence-corrected chi connectivity index (χ1v) is 7.17. The summed E-state index contributed by atoms with van der Waals surface area (Å²) in [5.41, 5.74) is 1.87. The Morgan fingerprint density at radius 2 is 2.30 bits per heavy atom. The van der Waals surface area contributed by atoms with E-state index in [1.807, 2.05) is 25.1 Å². The molecule has 20 heavy (non-hydrogen) atoms. The molecular weight excluding hydrogens is 278 g/mol. The maximum absolute atomic E-state index is 12.5. The highest BCUT2D eigenvalue weighted by molar-refractivity contribution is 6.18. The zero-order valence-corrected chi connectivity index (χ0v) is 12.0. The lowest BCUT2D eigenvalue weighted by molar-refractivity contribution is 0.00303. The van der Waals surface area contributed by atoms with Crippen molar-refractivity contribution < 1.29 is 13.9 Å². The van der Waals surface area contributed by atoms with E-state index in [1.165, 1.54) is 0 Å². The summed E-state index contributed by atoms with van der Waals surface area (Å²) in [7, 11) is 0. The van der Waals surface area contributed by atoms with E-state index >= 15 is 0 Å². The molecular formula is C15H16ClNO3. The predicted molar refractivity (Wildman–Crippen MR) is 77.3 cm³/mol. The summed E-state index contributed by atoms with van der Waals surface area (Å²) in [6, 6.07) is 7.57. The van der Waals surface area contributed by atoms with Crippen LogP contribution in [0.5, 0.6) is 0 Å². The van der Waals surface area contributed by atoms with Crippen LogP contribution in [0.1, 0.15) is 16.1 Å². The van der Waals surface area contributed by atoms with Crippen LogP contribution in [-0.2, 0) is 4.74 Å². The monoisotopic (exact) mass is 293 g/mol. The third-order valence-corrected chi connectivity index (χ3v) is 3.91. The number of nitrogens with zero attached hydrogens (tertiary/aromatic N) is 1. The molecule has 1 aromatic heterocycles. The third kappa shape index (κ3) is 2.41. The highest BCUT2D eigenvalue weighted by atomic mass is 35.5. The Hall–Kier alpha value is -1.52. The van der Waals surface area contributed by atoms with Crippen molar-refractivity contribution in [1.29, 1.82) is 0 Å². The van der Waals surface area contributed by atoms with Crippen molar-refractivity contribution in [2.75, 3.05) is 25.6 Å². The van der Waals surface area contributed by atoms with Crippen molar-refractivity contribution in [2.45, 2.75) is 13.0 Å². The summed E-state index contributed by atoms with van der Waals surface area (Å²) in [5.74, 6) is 0.612. The number of hydrogen-bond acceptors (Lipinski definition) is 3. The Kier molecular flexibility index (Phi) is 3.68. The van der Waals surface area contributed by atoms with Gasteiger partial charge in [0.25, 0.3) is 5.91 Å². The van der Waals surface area contributed by atoms with Crippen LogP contribution in [0, 0.1) is 6.92 Å². The number of alkyl halides is 1. The number of halogens is 1. The Labute approximate surface area is 122 Å². The number of amides is 1. The van der Waals surface area contributed by atoms with Crippen molar-refractivity contribution in [3.05, 3.63) is 35.6 Å². The molecule has 2 heterocycles. The van der Waals surface area contributed by atoms with E-state index in [9.17, 15) is 4.79 Å². The van der Waals surface area contributed by atoms with Crippen molar-refractivity contribution in [1.82, 2.24) is 4.90 Å². The standard InChI is InChI=1S/C15H16ClNO3/c1-10-2-3-13-11(6-10)7-14(20-13)15(18)17-4-5-19-9-12(17)8-16/h2-3,6-7,12H,4-5,8-9H2,1H3. The number of fused-ring (bicyclic) bond motifs is 1. The fourth-order valence-electron chi connectivity index (χ4n) is 2.46. The second-order valence-corrected chi connectivity index (χ2v) is 5.34. The summed E-state index contributed by atoms with van der Waals surface area (Å²) in [4.78, 5) is 14.3. The van der Waals surface area contributed by atoms with Gasteiger partial charge in [-0.1, -0.05) is 11.6 Å². The average molecular weight is 294 g/mol. The van der Waals surface area contributed by atoms with Gasteiger partial charge in [0.1, 0.15) is 5.58 Å². The molecule has 1 atom stereocenters. The first-order valence-electron chi connectivity index (χ1n) is 6.64. The quantitative estimate of drug-likeness (QED) is 0.800. The van der Waals surface area contributed by atoms with Crippen molar-refractivity contribution in [2.24, 2.45) is 0 Å². The number of ether oxygens (including phenoxy) is 1. The maximum Gasteiger partial charge on any atom is 0.290 e. The lowest BCUT2D eigenvalue weighted by Gasteiger charge is -2.33. The van der Waals surface area contributed by atoms with Crippen LogP contribution in [0.2, 0.25) is 0 Å². The molecule has 0 bridgehead atoms. The number of rotatable bonds is 2. The van der Waals surface area contributed by atoms with Gasteiger partial charge in [0.2, 0.25) is 0 Å². The number of carbonyl (C=O) groups excluding carboxylic acids is 1. The third-order valence-electron chi connectivity index (χ3n) is 3.55. The van der Waals surface area contributed by atoms with Gasteiger partial charge in [-0.3, -0.25) is 4.79 Å². The van der Waals surface area contributed by atoms with Crippen LogP contribution >= 0.6 is 11.6 Å². The topological polar surface area (TPSA) is 42.7 Å². The molecule has 0 radical (unpaired) electrons. The summed E-state index contributed by atoms with van der Waals surface area (Å²) < 4.78 is 11.0. The first-order chi connectivity index (χ1) is 9.69. The largest absolute Gasteiger partial charge is 0.451 e. The fourth-order valence-corrected chi connectivity index (χ4v) is 2.72. The van der Waals surface area contributed by atoms with Gasteiger partial charge in [0, 0.05) is 17.8 Å². The van der Waals surface area contributed by atoms with Gasteiger partial charge in [-0.15, -0.1) is 11.6 Å². The second kappa shape index (κ2) is 5.46. The maximum atomic E-state index is 12.5. The van der Waals surface area contributed by atoms with Gasteiger partial charge < -0.3 is 14.1 Å². The number of morpholine rings is 1. The summed E-state index contributed by atoms with van der Waals surface area (Å²) in [5, 5.41) is 0.948. The van der Waals surface area contributed by atoms with Gasteiger partial charge >= 0.3 is 0 Å². The van der Waals surface area contributed by atoms with Crippen LogP contribution in [0.15, 0.2) is 28.7 Å². The molecule has 1 aliphatic rings. The number of furan rings is 1. The van der Waals surface area contributed by atoms with E-state index in [0.717, 1.165) is 16.5 Å². The molecule has 2 aromatic rings. The Morgan fingerprint density at radius 3 is 3.10 bits per heavy atom. The van der Waals surface area contributed by atoms with Crippen molar-refractivity contribution >= 4 is 28.5 Å². The van der Waals surface area contributed by atoms with Crippen LogP contribution in [-0.4, -0.2) is 42.5 Å². The summed E-state index contributed by atoms with van der Waals surface area (Å²) >= 11 is 5.90. The van der Waals surface area contributed by atoms with Crippen molar-refractivity contribution in [3.63, 3.8) is 0 Å². The van der Waals surface area contributed by atoms with Gasteiger partial charge in [0.15, 0.2) is 5.76 Å². The molecule has 3 rings (SSSR count).